The molecule has 80 heavy (non-hydrogen) atoms. The van der Waals surface area contributed by atoms with Crippen molar-refractivity contribution in [2.45, 2.75) is 6.92 Å². The quantitative estimate of drug-likeness (QED) is 0.149. The van der Waals surface area contributed by atoms with Crippen molar-refractivity contribution in [2.24, 2.45) is 7.05 Å². The van der Waals surface area contributed by atoms with Crippen molar-refractivity contribution in [2.75, 3.05) is 0 Å². The van der Waals surface area contributed by atoms with E-state index >= 15 is 0 Å². The Labute approximate surface area is 462 Å². The van der Waals surface area contributed by atoms with Crippen LogP contribution < -0.4 is 0 Å². The third-order valence-electron chi connectivity index (χ3n) is 16.8. The van der Waals surface area contributed by atoms with E-state index in [1.54, 1.807) is 0 Å². The summed E-state index contributed by atoms with van der Waals surface area (Å²) in [6.07, 6.45) is 0. The van der Waals surface area contributed by atoms with Crippen LogP contribution in [-0.2, 0) is 7.05 Å². The summed E-state index contributed by atoms with van der Waals surface area (Å²) in [7, 11) is 2.12. The van der Waals surface area contributed by atoms with Crippen LogP contribution in [0.4, 0.5) is 0 Å². The van der Waals surface area contributed by atoms with Crippen LogP contribution in [0.5, 0.6) is 0 Å². The van der Waals surface area contributed by atoms with Gasteiger partial charge in [-0.25, -0.2) is 9.97 Å². The Kier molecular flexibility index (Phi) is 10.3. The average Bonchev–Trinajstić information content (AvgIpc) is 4.07. The normalized spacial score (nSPS) is 11.9. The predicted molar refractivity (Wildman–Crippen MR) is 338 cm³/mol. The maximum Gasteiger partial charge on any atom is 0.140 e. The fourth-order valence-electron chi connectivity index (χ4n) is 13.1. The van der Waals surface area contributed by atoms with E-state index in [1.807, 2.05) is 6.07 Å². The number of aryl methyl sites for hydroxylation is 2. The van der Waals surface area contributed by atoms with Crippen LogP contribution in [0.1, 0.15) is 5.82 Å². The fourth-order valence-corrected chi connectivity index (χ4v) is 13.1. The van der Waals surface area contributed by atoms with E-state index < -0.39 is 0 Å². The highest BCUT2D eigenvalue weighted by molar-refractivity contribution is 6.23. The van der Waals surface area contributed by atoms with Gasteiger partial charge < -0.3 is 4.57 Å². The number of rotatable bonds is 7. The van der Waals surface area contributed by atoms with Gasteiger partial charge in [-0.15, -0.1) is 0 Å². The molecule has 2 aromatic heterocycles. The highest BCUT2D eigenvalue weighted by Crippen LogP contribution is 2.47. The molecule has 0 aliphatic heterocycles. The monoisotopic (exact) mass is 1020 g/mol. The van der Waals surface area contributed by atoms with E-state index in [-0.39, 0.29) is 0 Å². The van der Waals surface area contributed by atoms with Crippen molar-refractivity contribution >= 4 is 86.7 Å². The SMILES string of the molecule is Cc1nc2cc(-c3c4ccccc4c(-c4ccc5ccccc5c4)c4ccccc34)ccc2n1-c1cccc(-c2ccc3cc(-c4c5ccccc5c(-c5ccc6nc(-c7ccccc7)n(C)c6c5)c5ccccc45)ccc3c2)c1. The highest BCUT2D eigenvalue weighted by atomic mass is 15.1. The summed E-state index contributed by atoms with van der Waals surface area (Å²) in [6.45, 7) is 2.12. The first-order chi connectivity index (χ1) is 39.5. The van der Waals surface area contributed by atoms with Gasteiger partial charge in [0.2, 0.25) is 0 Å². The van der Waals surface area contributed by atoms with Gasteiger partial charge in [0.1, 0.15) is 11.6 Å². The van der Waals surface area contributed by atoms with E-state index in [2.05, 4.69) is 284 Å². The molecule has 0 fully saturated rings. The van der Waals surface area contributed by atoms with Gasteiger partial charge in [0.05, 0.1) is 22.1 Å². The van der Waals surface area contributed by atoms with Gasteiger partial charge in [-0.05, 0) is 182 Å². The molecule has 16 aromatic rings. The second-order valence-corrected chi connectivity index (χ2v) is 21.3. The first-order valence-corrected chi connectivity index (χ1v) is 27.5. The number of nitrogens with zero attached hydrogens (tertiary/aromatic N) is 4. The molecule has 0 spiro atoms. The minimum Gasteiger partial charge on any atom is -0.327 e. The topological polar surface area (TPSA) is 35.6 Å². The van der Waals surface area contributed by atoms with E-state index in [0.717, 1.165) is 56.1 Å². The van der Waals surface area contributed by atoms with Crippen LogP contribution in [0, 0.1) is 6.92 Å². The van der Waals surface area contributed by atoms with Crippen molar-refractivity contribution in [3.05, 3.63) is 273 Å². The van der Waals surface area contributed by atoms with Gasteiger partial charge in [-0.2, -0.15) is 0 Å². The molecule has 0 radical (unpaired) electrons. The summed E-state index contributed by atoms with van der Waals surface area (Å²) in [5.74, 6) is 1.91. The molecule has 0 aliphatic carbocycles. The maximum atomic E-state index is 5.25. The van der Waals surface area contributed by atoms with E-state index in [0.29, 0.717) is 0 Å². The van der Waals surface area contributed by atoms with Crippen LogP contribution in [0.15, 0.2) is 267 Å². The summed E-state index contributed by atoms with van der Waals surface area (Å²) < 4.78 is 4.52. The van der Waals surface area contributed by atoms with Gasteiger partial charge in [0.25, 0.3) is 0 Å². The Morgan fingerprint density at radius 3 is 1.26 bits per heavy atom. The largest absolute Gasteiger partial charge is 0.327 e. The summed E-state index contributed by atoms with van der Waals surface area (Å²) >= 11 is 0. The molecule has 374 valence electrons. The number of benzene rings is 14. The molecule has 14 aromatic carbocycles. The summed E-state index contributed by atoms with van der Waals surface area (Å²) in [5.41, 5.74) is 18.4. The smallest absolute Gasteiger partial charge is 0.140 e. The number of hydrogen-bond donors (Lipinski definition) is 0. The highest BCUT2D eigenvalue weighted by Gasteiger charge is 2.21. The van der Waals surface area contributed by atoms with Crippen LogP contribution in [0.25, 0.3) is 159 Å². The maximum absolute atomic E-state index is 5.25. The molecule has 4 nitrogen and oxygen atoms in total. The Bertz CT molecular complexity index is 5100. The van der Waals surface area contributed by atoms with Crippen molar-refractivity contribution in [3.63, 3.8) is 0 Å². The zero-order valence-electron chi connectivity index (χ0n) is 44.2. The first kappa shape index (κ1) is 45.7. The van der Waals surface area contributed by atoms with Crippen LogP contribution in [0.2, 0.25) is 0 Å². The van der Waals surface area contributed by atoms with E-state index in [4.69, 9.17) is 9.97 Å². The zero-order chi connectivity index (χ0) is 53.0. The van der Waals surface area contributed by atoms with Gasteiger partial charge >= 0.3 is 0 Å². The lowest BCUT2D eigenvalue weighted by Crippen LogP contribution is -1.97. The molecule has 4 heteroatoms. The van der Waals surface area contributed by atoms with Crippen molar-refractivity contribution in [1.29, 1.82) is 0 Å². The average molecular weight is 1020 g/mol. The number of imidazole rings is 2. The van der Waals surface area contributed by atoms with E-state index in [9.17, 15) is 0 Å². The Morgan fingerprint density at radius 1 is 0.275 bits per heavy atom. The lowest BCUT2D eigenvalue weighted by Gasteiger charge is -2.18. The third-order valence-corrected chi connectivity index (χ3v) is 16.8. The summed E-state index contributed by atoms with van der Waals surface area (Å²) in [5, 5.41) is 14.8. The molecule has 0 amide bonds. The molecular weight excluding hydrogens is 969 g/mol. The van der Waals surface area contributed by atoms with Gasteiger partial charge in [-0.3, -0.25) is 4.57 Å². The number of fused-ring (bicyclic) bond motifs is 8. The van der Waals surface area contributed by atoms with E-state index in [1.165, 1.54) is 109 Å². The Hall–Kier alpha value is -10.4. The van der Waals surface area contributed by atoms with Crippen molar-refractivity contribution < 1.29 is 0 Å². The lowest BCUT2D eigenvalue weighted by molar-refractivity contribution is 0.959. The molecule has 16 rings (SSSR count). The van der Waals surface area contributed by atoms with Crippen molar-refractivity contribution in [1.82, 2.24) is 19.1 Å². The van der Waals surface area contributed by atoms with Gasteiger partial charge in [0.15, 0.2) is 0 Å². The molecule has 0 saturated carbocycles. The molecule has 2 heterocycles. The molecule has 0 bridgehead atoms. The number of hydrogen-bond acceptors (Lipinski definition) is 2. The molecule has 0 unspecified atom stereocenters. The second kappa shape index (κ2) is 18.1. The minimum atomic E-state index is 0.946. The molecule has 0 atom stereocenters. The Balaban J connectivity index is 0.749. The lowest BCUT2D eigenvalue weighted by atomic mass is 9.85. The van der Waals surface area contributed by atoms with Crippen molar-refractivity contribution in [3.8, 4) is 72.7 Å². The predicted octanol–water partition coefficient (Wildman–Crippen LogP) is 20.1. The number of aromatic nitrogens is 4. The first-order valence-electron chi connectivity index (χ1n) is 27.5. The van der Waals surface area contributed by atoms with Gasteiger partial charge in [-0.1, -0.05) is 212 Å². The van der Waals surface area contributed by atoms with Crippen LogP contribution >= 0.6 is 0 Å². The van der Waals surface area contributed by atoms with Gasteiger partial charge in [0, 0.05) is 18.3 Å². The third kappa shape index (κ3) is 7.23. The molecule has 0 aliphatic rings. The molecule has 0 N–H and O–H groups in total. The standard InChI is InChI=1S/C76H50N4/c1-47-77-69-45-57(74-64-27-12-8-23-60(64)72(61-24-9-13-28-65(61)74)55-35-31-48-17-6-7-20-50(48)42-55)38-40-70(69)80(47)59-22-16-21-51(44-59)52-32-33-54-43-56(36-34-53(54)41-52)73-62-25-10-14-29-66(62)75(67-30-15-11-26-63(67)73)58-37-39-68-71(46-58)79(2)76(78-68)49-18-4-3-5-19-49/h3-46H,1-2H3. The fraction of sp³-hybridized carbons (Fsp3) is 0.0263. The molecular formula is C76H50N4. The second-order valence-electron chi connectivity index (χ2n) is 21.3. The minimum absolute atomic E-state index is 0.946. The van der Waals surface area contributed by atoms with Crippen LogP contribution in [0.3, 0.4) is 0 Å². The Morgan fingerprint density at radius 2 is 0.688 bits per heavy atom. The molecule has 0 saturated heterocycles. The summed E-state index contributed by atoms with van der Waals surface area (Å²) in [6, 6.07) is 97.9. The van der Waals surface area contributed by atoms with Crippen LogP contribution in [-0.4, -0.2) is 19.1 Å². The summed E-state index contributed by atoms with van der Waals surface area (Å²) in [4.78, 5) is 10.3. The zero-order valence-corrected chi connectivity index (χ0v) is 44.2.